The van der Waals surface area contributed by atoms with Crippen LogP contribution in [0, 0.1) is 13.8 Å². The zero-order valence-corrected chi connectivity index (χ0v) is 17.3. The van der Waals surface area contributed by atoms with Crippen molar-refractivity contribution in [1.82, 2.24) is 14.7 Å². The lowest BCUT2D eigenvalue weighted by Crippen LogP contribution is -2.26. The van der Waals surface area contributed by atoms with E-state index in [1.807, 2.05) is 0 Å². The first kappa shape index (κ1) is 22.1. The van der Waals surface area contributed by atoms with Crippen molar-refractivity contribution < 1.29 is 31.9 Å². The van der Waals surface area contributed by atoms with E-state index >= 15 is 0 Å². The van der Waals surface area contributed by atoms with Gasteiger partial charge in [-0.05, 0) is 38.1 Å². The predicted octanol–water partition coefficient (Wildman–Crippen LogP) is 4.16. The van der Waals surface area contributed by atoms with Gasteiger partial charge >= 0.3 is 12.1 Å². The third kappa shape index (κ3) is 4.47. The van der Waals surface area contributed by atoms with Crippen LogP contribution in [0.2, 0.25) is 0 Å². The van der Waals surface area contributed by atoms with Crippen LogP contribution < -0.4 is 0 Å². The van der Waals surface area contributed by atoms with Crippen LogP contribution in [0.15, 0.2) is 40.9 Å². The molecular formula is C21H20F3N3O4. The summed E-state index contributed by atoms with van der Waals surface area (Å²) in [5.41, 5.74) is 0.281. The number of amides is 1. The van der Waals surface area contributed by atoms with E-state index in [0.29, 0.717) is 17.2 Å². The fraction of sp³-hybridized carbons (Fsp3) is 0.286. The Morgan fingerprint density at radius 3 is 2.55 bits per heavy atom. The van der Waals surface area contributed by atoms with E-state index in [9.17, 15) is 22.8 Å². The zero-order valence-electron chi connectivity index (χ0n) is 17.3. The summed E-state index contributed by atoms with van der Waals surface area (Å²) in [5, 5.41) is 4.09. The van der Waals surface area contributed by atoms with Gasteiger partial charge in [0.15, 0.2) is 0 Å². The molecule has 0 unspecified atom stereocenters. The van der Waals surface area contributed by atoms with Crippen LogP contribution in [0.4, 0.5) is 13.2 Å². The molecule has 1 aromatic carbocycles. The summed E-state index contributed by atoms with van der Waals surface area (Å²) in [6, 6.07) is 6.20. The van der Waals surface area contributed by atoms with Gasteiger partial charge in [0.05, 0.1) is 42.4 Å². The number of nitrogens with zero attached hydrogens (tertiary/aromatic N) is 3. The topological polar surface area (TPSA) is 77.6 Å². The molecule has 0 bridgehead atoms. The molecule has 0 spiro atoms. The highest BCUT2D eigenvalue weighted by Crippen LogP contribution is 2.30. The minimum absolute atomic E-state index is 0.0743. The number of hydrogen-bond acceptors (Lipinski definition) is 5. The van der Waals surface area contributed by atoms with Crippen LogP contribution in [0.3, 0.4) is 0 Å². The molecule has 0 N–H and O–H groups in total. The van der Waals surface area contributed by atoms with Crippen molar-refractivity contribution in [2.24, 2.45) is 0 Å². The second-order valence-electron chi connectivity index (χ2n) is 6.94. The van der Waals surface area contributed by atoms with Crippen molar-refractivity contribution in [3.05, 3.63) is 70.4 Å². The fourth-order valence-electron chi connectivity index (χ4n) is 3.14. The van der Waals surface area contributed by atoms with Gasteiger partial charge < -0.3 is 14.1 Å². The van der Waals surface area contributed by atoms with E-state index in [0.717, 1.165) is 12.1 Å². The maximum atomic E-state index is 13.0. The Hall–Kier alpha value is -3.56. The molecule has 31 heavy (non-hydrogen) atoms. The Kier molecular flexibility index (Phi) is 5.92. The third-order valence-electron chi connectivity index (χ3n) is 4.77. The lowest BCUT2D eigenvalue weighted by molar-refractivity contribution is -0.137. The summed E-state index contributed by atoms with van der Waals surface area (Å²) in [6.45, 7) is 3.28. The highest BCUT2D eigenvalue weighted by molar-refractivity contribution is 5.95. The van der Waals surface area contributed by atoms with Crippen molar-refractivity contribution in [1.29, 1.82) is 0 Å². The number of aromatic nitrogens is 2. The fourth-order valence-corrected chi connectivity index (χ4v) is 3.14. The molecule has 0 aliphatic carbocycles. The number of furan rings is 1. The van der Waals surface area contributed by atoms with Crippen LogP contribution in [-0.2, 0) is 17.5 Å². The zero-order chi connectivity index (χ0) is 22.9. The molecule has 0 saturated heterocycles. The van der Waals surface area contributed by atoms with E-state index in [-0.39, 0.29) is 23.4 Å². The molecule has 3 rings (SSSR count). The SMILES string of the molecule is COC(=O)c1cc(CN(C)C(=O)c2cnn(-c3cccc(C(F)(F)F)c3)c2C)oc1C. The summed E-state index contributed by atoms with van der Waals surface area (Å²) in [6.07, 6.45) is -3.18. The third-order valence-corrected chi connectivity index (χ3v) is 4.77. The van der Waals surface area contributed by atoms with E-state index in [1.165, 1.54) is 41.1 Å². The Labute approximate surface area is 176 Å². The quantitative estimate of drug-likeness (QED) is 0.563. The number of esters is 1. The van der Waals surface area contributed by atoms with Crippen LogP contribution in [-0.4, -0.2) is 40.7 Å². The van der Waals surface area contributed by atoms with E-state index < -0.39 is 23.6 Å². The average Bonchev–Trinajstić information content (AvgIpc) is 3.28. The van der Waals surface area contributed by atoms with E-state index in [2.05, 4.69) is 9.84 Å². The van der Waals surface area contributed by atoms with Gasteiger partial charge in [0.1, 0.15) is 17.1 Å². The molecule has 2 aromatic heterocycles. The maximum Gasteiger partial charge on any atom is 0.416 e. The molecule has 2 heterocycles. The first-order valence-corrected chi connectivity index (χ1v) is 9.18. The number of hydrogen-bond donors (Lipinski definition) is 0. The van der Waals surface area contributed by atoms with Crippen LogP contribution in [0.5, 0.6) is 0 Å². The van der Waals surface area contributed by atoms with Gasteiger partial charge in [0.2, 0.25) is 0 Å². The highest BCUT2D eigenvalue weighted by Gasteiger charge is 2.31. The number of alkyl halides is 3. The molecule has 0 saturated carbocycles. The number of aryl methyl sites for hydroxylation is 1. The lowest BCUT2D eigenvalue weighted by atomic mass is 10.2. The molecule has 0 radical (unpaired) electrons. The van der Waals surface area contributed by atoms with Gasteiger partial charge in [-0.25, -0.2) is 9.48 Å². The molecule has 7 nitrogen and oxygen atoms in total. The monoisotopic (exact) mass is 435 g/mol. The Bertz CT molecular complexity index is 1130. The second-order valence-corrected chi connectivity index (χ2v) is 6.94. The molecule has 0 atom stereocenters. The second kappa shape index (κ2) is 8.29. The first-order valence-electron chi connectivity index (χ1n) is 9.18. The number of benzene rings is 1. The number of methoxy groups -OCH3 is 1. The molecule has 0 aliphatic rings. The van der Waals surface area contributed by atoms with Crippen LogP contribution >= 0.6 is 0 Å². The largest absolute Gasteiger partial charge is 0.465 e. The number of carbonyl (C=O) groups is 2. The molecule has 3 aromatic rings. The van der Waals surface area contributed by atoms with Crippen molar-refractivity contribution in [2.45, 2.75) is 26.6 Å². The Balaban J connectivity index is 1.82. The molecule has 0 aliphatic heterocycles. The first-order chi connectivity index (χ1) is 14.5. The number of halogens is 3. The molecule has 0 fully saturated rings. The normalized spacial score (nSPS) is 11.5. The minimum atomic E-state index is -4.49. The molecule has 164 valence electrons. The van der Waals surface area contributed by atoms with Crippen molar-refractivity contribution >= 4 is 11.9 Å². The molecule has 1 amide bonds. The van der Waals surface area contributed by atoms with E-state index in [1.54, 1.807) is 20.9 Å². The summed E-state index contributed by atoms with van der Waals surface area (Å²) in [4.78, 5) is 26.0. The average molecular weight is 435 g/mol. The van der Waals surface area contributed by atoms with Crippen LogP contribution in [0.1, 0.15) is 43.5 Å². The predicted molar refractivity (Wildman–Crippen MR) is 104 cm³/mol. The minimum Gasteiger partial charge on any atom is -0.465 e. The van der Waals surface area contributed by atoms with Gasteiger partial charge in [-0.1, -0.05) is 6.07 Å². The smallest absolute Gasteiger partial charge is 0.416 e. The van der Waals surface area contributed by atoms with Gasteiger partial charge in [0, 0.05) is 7.05 Å². The van der Waals surface area contributed by atoms with Crippen molar-refractivity contribution in [2.75, 3.05) is 14.2 Å². The van der Waals surface area contributed by atoms with Crippen molar-refractivity contribution in [3.63, 3.8) is 0 Å². The maximum absolute atomic E-state index is 13.0. The van der Waals surface area contributed by atoms with Gasteiger partial charge in [-0.3, -0.25) is 4.79 Å². The summed E-state index contributed by atoms with van der Waals surface area (Å²) >= 11 is 0. The standard InChI is InChI=1S/C21H20F3N3O4/c1-12-18(10-25-27(12)15-7-5-6-14(8-15)21(22,23)24)19(28)26(3)11-16-9-17(13(2)31-16)20(29)30-4/h5-10H,11H2,1-4H3. The number of carbonyl (C=O) groups excluding carboxylic acids is 2. The van der Waals surface area contributed by atoms with Gasteiger partial charge in [0.25, 0.3) is 5.91 Å². The molecular weight excluding hydrogens is 415 g/mol. The number of ether oxygens (including phenoxy) is 1. The van der Waals surface area contributed by atoms with Gasteiger partial charge in [-0.15, -0.1) is 0 Å². The summed E-state index contributed by atoms with van der Waals surface area (Å²) in [5.74, 6) is -0.183. The summed E-state index contributed by atoms with van der Waals surface area (Å²) in [7, 11) is 2.80. The lowest BCUT2D eigenvalue weighted by Gasteiger charge is -2.15. The highest BCUT2D eigenvalue weighted by atomic mass is 19.4. The van der Waals surface area contributed by atoms with E-state index in [4.69, 9.17) is 4.42 Å². The van der Waals surface area contributed by atoms with Crippen molar-refractivity contribution in [3.8, 4) is 5.69 Å². The summed E-state index contributed by atoms with van der Waals surface area (Å²) < 4.78 is 50.5. The Morgan fingerprint density at radius 2 is 1.90 bits per heavy atom. The number of rotatable bonds is 5. The Morgan fingerprint density at radius 1 is 1.19 bits per heavy atom. The molecule has 10 heteroatoms. The van der Waals surface area contributed by atoms with Crippen LogP contribution in [0.25, 0.3) is 5.69 Å². The van der Waals surface area contributed by atoms with Gasteiger partial charge in [-0.2, -0.15) is 18.3 Å².